The molecule has 0 unspecified atom stereocenters. The van der Waals surface area contributed by atoms with Gasteiger partial charge in [0.25, 0.3) is 0 Å². The van der Waals surface area contributed by atoms with Gasteiger partial charge in [-0.3, -0.25) is 4.40 Å². The molecule has 2 aromatic heterocycles. The lowest BCUT2D eigenvalue weighted by Gasteiger charge is -2.08. The van der Waals surface area contributed by atoms with Gasteiger partial charge >= 0.3 is 0 Å². The number of anilines is 1. The van der Waals surface area contributed by atoms with Crippen LogP contribution in [0.4, 0.5) is 5.82 Å². The second-order valence-corrected chi connectivity index (χ2v) is 5.89. The predicted octanol–water partition coefficient (Wildman–Crippen LogP) is 5.06. The fourth-order valence-electron chi connectivity index (χ4n) is 3.13. The summed E-state index contributed by atoms with van der Waals surface area (Å²) in [6.07, 6.45) is 3.94. The van der Waals surface area contributed by atoms with E-state index in [1.807, 2.05) is 6.08 Å². The molecule has 0 radical (unpaired) electrons. The van der Waals surface area contributed by atoms with E-state index in [0.717, 1.165) is 28.1 Å². The smallest absolute Gasteiger partial charge is 0.147 e. The maximum absolute atomic E-state index is 4.99. The van der Waals surface area contributed by atoms with Crippen LogP contribution in [0.15, 0.2) is 73.4 Å². The molecule has 0 atom stereocenters. The fourth-order valence-corrected chi connectivity index (χ4v) is 3.13. The Kier molecular flexibility index (Phi) is 3.54. The number of fused-ring (bicyclic) bond motifs is 3. The van der Waals surface area contributed by atoms with E-state index in [0.29, 0.717) is 6.54 Å². The van der Waals surface area contributed by atoms with Crippen LogP contribution in [-0.4, -0.2) is 15.9 Å². The Morgan fingerprint density at radius 1 is 1.08 bits per heavy atom. The highest BCUT2D eigenvalue weighted by atomic mass is 15.1. The second kappa shape index (κ2) is 5.85. The minimum atomic E-state index is 0.694. The summed E-state index contributed by atoms with van der Waals surface area (Å²) in [5.41, 5.74) is 4.31. The summed E-state index contributed by atoms with van der Waals surface area (Å²) in [5.74, 6) is 1.00. The van der Waals surface area contributed by atoms with Gasteiger partial charge in [0, 0.05) is 23.7 Å². The molecule has 0 aliphatic heterocycles. The van der Waals surface area contributed by atoms with Gasteiger partial charge in [-0.15, -0.1) is 6.58 Å². The van der Waals surface area contributed by atoms with E-state index >= 15 is 0 Å². The van der Waals surface area contributed by atoms with Gasteiger partial charge < -0.3 is 5.32 Å². The third kappa shape index (κ3) is 2.26. The molecule has 1 N–H and O–H groups in total. The summed E-state index contributed by atoms with van der Waals surface area (Å²) in [7, 11) is 0. The van der Waals surface area contributed by atoms with E-state index in [2.05, 4.69) is 84.0 Å². The first-order chi connectivity index (χ1) is 11.8. The highest BCUT2D eigenvalue weighted by molar-refractivity contribution is 5.96. The molecule has 0 fully saturated rings. The lowest BCUT2D eigenvalue weighted by Crippen LogP contribution is -2.02. The van der Waals surface area contributed by atoms with Crippen LogP contribution >= 0.6 is 0 Å². The van der Waals surface area contributed by atoms with Crippen molar-refractivity contribution in [3.63, 3.8) is 0 Å². The van der Waals surface area contributed by atoms with Crippen molar-refractivity contribution in [3.8, 4) is 11.3 Å². The Morgan fingerprint density at radius 2 is 1.88 bits per heavy atom. The molecule has 24 heavy (non-hydrogen) atoms. The molecule has 0 aliphatic rings. The monoisotopic (exact) mass is 313 g/mol. The topological polar surface area (TPSA) is 29.3 Å². The Morgan fingerprint density at radius 3 is 2.71 bits per heavy atom. The molecule has 4 rings (SSSR count). The molecule has 2 heterocycles. The number of hydrogen-bond donors (Lipinski definition) is 1. The number of aryl methyl sites for hydroxylation is 1. The Balaban J connectivity index is 2.06. The van der Waals surface area contributed by atoms with Crippen LogP contribution in [0, 0.1) is 6.92 Å². The van der Waals surface area contributed by atoms with Gasteiger partial charge in [-0.05, 0) is 23.9 Å². The number of benzene rings is 2. The quantitative estimate of drug-likeness (QED) is 0.534. The number of nitrogens with zero attached hydrogens (tertiary/aromatic N) is 2. The minimum Gasteiger partial charge on any atom is -0.366 e. The molecule has 0 amide bonds. The fraction of sp³-hybridized carbons (Fsp3) is 0.0952. The van der Waals surface area contributed by atoms with Crippen molar-refractivity contribution in [2.24, 2.45) is 0 Å². The molecule has 3 heteroatoms. The molecular formula is C21H19N3. The summed E-state index contributed by atoms with van der Waals surface area (Å²) < 4.78 is 2.13. The average Bonchev–Trinajstić information content (AvgIpc) is 2.99. The maximum Gasteiger partial charge on any atom is 0.147 e. The highest BCUT2D eigenvalue weighted by Crippen LogP contribution is 2.33. The van der Waals surface area contributed by atoms with E-state index in [1.165, 1.54) is 10.9 Å². The molecule has 0 aliphatic carbocycles. The molecule has 4 aromatic rings. The minimum absolute atomic E-state index is 0.694. The van der Waals surface area contributed by atoms with Gasteiger partial charge in [0.2, 0.25) is 0 Å². The Labute approximate surface area is 141 Å². The standard InChI is InChI=1S/C21H19N3/c1-3-13-22-21-19(17-10-6-4-8-15(17)2)23-20-18-11-7-5-9-16(18)12-14-24(20)21/h3-12,14,22H,1,13H2,2H3. The van der Waals surface area contributed by atoms with Crippen molar-refractivity contribution >= 4 is 22.2 Å². The largest absolute Gasteiger partial charge is 0.366 e. The molecule has 2 aromatic carbocycles. The number of aromatic nitrogens is 2. The number of hydrogen-bond acceptors (Lipinski definition) is 2. The number of pyridine rings is 1. The van der Waals surface area contributed by atoms with E-state index < -0.39 is 0 Å². The number of imidazole rings is 1. The van der Waals surface area contributed by atoms with Crippen molar-refractivity contribution < 1.29 is 0 Å². The van der Waals surface area contributed by atoms with Gasteiger partial charge in [-0.25, -0.2) is 4.98 Å². The van der Waals surface area contributed by atoms with Gasteiger partial charge in [-0.2, -0.15) is 0 Å². The highest BCUT2D eigenvalue weighted by Gasteiger charge is 2.16. The van der Waals surface area contributed by atoms with Crippen molar-refractivity contribution in [2.45, 2.75) is 6.92 Å². The lowest BCUT2D eigenvalue weighted by molar-refractivity contribution is 1.16. The maximum atomic E-state index is 4.99. The van der Waals surface area contributed by atoms with E-state index in [4.69, 9.17) is 4.98 Å². The van der Waals surface area contributed by atoms with Crippen LogP contribution in [0.3, 0.4) is 0 Å². The van der Waals surface area contributed by atoms with Crippen LogP contribution in [0.1, 0.15) is 5.56 Å². The summed E-state index contributed by atoms with van der Waals surface area (Å²) in [5, 5.41) is 5.81. The van der Waals surface area contributed by atoms with Crippen LogP contribution in [0.25, 0.3) is 27.7 Å². The Bertz CT molecular complexity index is 1040. The van der Waals surface area contributed by atoms with Crippen LogP contribution in [0.5, 0.6) is 0 Å². The van der Waals surface area contributed by atoms with Crippen LogP contribution in [0.2, 0.25) is 0 Å². The van der Waals surface area contributed by atoms with Crippen molar-refractivity contribution in [3.05, 3.63) is 79.0 Å². The van der Waals surface area contributed by atoms with E-state index in [-0.39, 0.29) is 0 Å². The Hall–Kier alpha value is -3.07. The van der Waals surface area contributed by atoms with Crippen LogP contribution in [-0.2, 0) is 0 Å². The van der Waals surface area contributed by atoms with Crippen molar-refractivity contribution in [1.82, 2.24) is 9.38 Å². The zero-order valence-corrected chi connectivity index (χ0v) is 13.7. The van der Waals surface area contributed by atoms with E-state index in [1.54, 1.807) is 0 Å². The summed E-state index contributed by atoms with van der Waals surface area (Å²) >= 11 is 0. The molecule has 0 saturated heterocycles. The average molecular weight is 313 g/mol. The number of nitrogens with one attached hydrogen (secondary N) is 1. The molecule has 118 valence electrons. The third-order valence-electron chi connectivity index (χ3n) is 4.33. The van der Waals surface area contributed by atoms with Crippen LogP contribution < -0.4 is 5.32 Å². The summed E-state index contributed by atoms with van der Waals surface area (Å²) in [6, 6.07) is 18.8. The van der Waals surface area contributed by atoms with Crippen molar-refractivity contribution in [1.29, 1.82) is 0 Å². The zero-order valence-electron chi connectivity index (χ0n) is 13.7. The first-order valence-corrected chi connectivity index (χ1v) is 8.10. The molecular weight excluding hydrogens is 294 g/mol. The molecule has 0 spiro atoms. The van der Waals surface area contributed by atoms with Crippen molar-refractivity contribution in [2.75, 3.05) is 11.9 Å². The third-order valence-corrected chi connectivity index (χ3v) is 4.33. The molecule has 0 saturated carbocycles. The van der Waals surface area contributed by atoms with Gasteiger partial charge in [0.1, 0.15) is 17.2 Å². The first-order valence-electron chi connectivity index (χ1n) is 8.10. The van der Waals surface area contributed by atoms with Gasteiger partial charge in [0.15, 0.2) is 0 Å². The normalized spacial score (nSPS) is 11.0. The first kappa shape index (κ1) is 14.5. The van der Waals surface area contributed by atoms with Gasteiger partial charge in [-0.1, -0.05) is 54.6 Å². The summed E-state index contributed by atoms with van der Waals surface area (Å²) in [4.78, 5) is 4.99. The lowest BCUT2D eigenvalue weighted by atomic mass is 10.1. The predicted molar refractivity (Wildman–Crippen MR) is 102 cm³/mol. The molecule has 0 bridgehead atoms. The second-order valence-electron chi connectivity index (χ2n) is 5.89. The summed E-state index contributed by atoms with van der Waals surface area (Å²) in [6.45, 7) is 6.63. The molecule has 3 nitrogen and oxygen atoms in total. The SMILES string of the molecule is C=CCNc1c(-c2ccccc2C)nc2c3ccccc3ccn12. The van der Waals surface area contributed by atoms with E-state index in [9.17, 15) is 0 Å². The van der Waals surface area contributed by atoms with Gasteiger partial charge in [0.05, 0.1) is 0 Å². The number of rotatable bonds is 4. The zero-order chi connectivity index (χ0) is 16.5.